The van der Waals surface area contributed by atoms with Gasteiger partial charge < -0.3 is 29.7 Å². The van der Waals surface area contributed by atoms with Gasteiger partial charge in [-0.3, -0.25) is 0 Å². The zero-order valence-corrected chi connectivity index (χ0v) is 18.3. The van der Waals surface area contributed by atoms with Gasteiger partial charge in [-0.05, 0) is 43.2 Å². The second-order valence-corrected chi connectivity index (χ2v) is 8.14. The number of fused-ring (bicyclic) bond motifs is 1. The van der Waals surface area contributed by atoms with Gasteiger partial charge in [-0.1, -0.05) is 18.9 Å². The highest BCUT2D eigenvalue weighted by molar-refractivity contribution is 5.90. The van der Waals surface area contributed by atoms with Crippen molar-refractivity contribution in [3.05, 3.63) is 47.5 Å². The van der Waals surface area contributed by atoms with E-state index >= 15 is 0 Å². The van der Waals surface area contributed by atoms with Crippen LogP contribution in [0.1, 0.15) is 42.9 Å². The van der Waals surface area contributed by atoms with Crippen molar-refractivity contribution in [3.8, 4) is 11.5 Å². The van der Waals surface area contributed by atoms with Crippen LogP contribution in [0.5, 0.6) is 11.5 Å². The summed E-state index contributed by atoms with van der Waals surface area (Å²) in [6, 6.07) is 11.3. The molecule has 0 radical (unpaired) electrons. The molecule has 2 aliphatic heterocycles. The van der Waals surface area contributed by atoms with E-state index in [1.54, 1.807) is 31.3 Å². The maximum Gasteiger partial charge on any atom is 0.322 e. The van der Waals surface area contributed by atoms with Crippen LogP contribution in [0, 0.1) is 0 Å². The van der Waals surface area contributed by atoms with Crippen molar-refractivity contribution in [1.82, 2.24) is 4.90 Å². The number of urea groups is 1. The van der Waals surface area contributed by atoms with Gasteiger partial charge in [0.1, 0.15) is 17.6 Å². The number of aliphatic hydroxyl groups excluding tert-OH is 1. The molecule has 2 aliphatic rings. The number of methoxy groups -OCH3 is 2. The summed E-state index contributed by atoms with van der Waals surface area (Å²) in [7, 11) is 3.16. The summed E-state index contributed by atoms with van der Waals surface area (Å²) in [5.41, 5.74) is 3.35. The molecular formula is C24H31N3O4. The van der Waals surface area contributed by atoms with Crippen LogP contribution < -0.4 is 19.7 Å². The average Bonchev–Trinajstić information content (AvgIpc) is 3.08. The number of ether oxygens (including phenoxy) is 2. The number of aliphatic hydroxyl groups is 1. The number of amides is 2. The first kappa shape index (κ1) is 21.3. The Morgan fingerprint density at radius 1 is 1.03 bits per heavy atom. The molecule has 1 atom stereocenters. The molecular weight excluding hydrogens is 394 g/mol. The number of carbonyl (C=O) groups is 1. The van der Waals surface area contributed by atoms with Crippen LogP contribution in [0.3, 0.4) is 0 Å². The van der Waals surface area contributed by atoms with Gasteiger partial charge in [0.05, 0.1) is 27.3 Å². The van der Waals surface area contributed by atoms with E-state index in [0.29, 0.717) is 23.6 Å². The molecule has 0 spiro atoms. The molecule has 0 unspecified atom stereocenters. The molecule has 2 amide bonds. The van der Waals surface area contributed by atoms with E-state index in [1.165, 1.54) is 25.7 Å². The second kappa shape index (κ2) is 9.47. The standard InChI is InChI=1S/C24H31N3O4/c1-30-21-10-11-22(31-2)23-19(21)15-27(16-20(23)28)24(29)25-17-8-7-9-18(14-17)26-12-5-3-4-6-13-26/h7-11,14,20,28H,3-6,12-13,15-16H2,1-2H3,(H,25,29)/t20-/m0/s1. The fourth-order valence-electron chi connectivity index (χ4n) is 4.54. The molecule has 0 bridgehead atoms. The number of nitrogens with one attached hydrogen (secondary N) is 1. The maximum absolute atomic E-state index is 13.0. The molecule has 2 aromatic carbocycles. The minimum absolute atomic E-state index is 0.189. The summed E-state index contributed by atoms with van der Waals surface area (Å²) in [6.07, 6.45) is 4.11. The quantitative estimate of drug-likeness (QED) is 0.769. The minimum atomic E-state index is -0.844. The minimum Gasteiger partial charge on any atom is -0.496 e. The summed E-state index contributed by atoms with van der Waals surface area (Å²) < 4.78 is 10.9. The molecule has 0 aromatic heterocycles. The fraction of sp³-hybridized carbons (Fsp3) is 0.458. The van der Waals surface area contributed by atoms with Crippen LogP contribution in [-0.4, -0.2) is 49.9 Å². The Bertz CT molecular complexity index is 925. The van der Waals surface area contributed by atoms with Crippen LogP contribution >= 0.6 is 0 Å². The van der Waals surface area contributed by atoms with Gasteiger partial charge in [0.15, 0.2) is 0 Å². The highest BCUT2D eigenvalue weighted by atomic mass is 16.5. The van der Waals surface area contributed by atoms with Crippen molar-refractivity contribution < 1.29 is 19.4 Å². The van der Waals surface area contributed by atoms with E-state index < -0.39 is 6.10 Å². The Morgan fingerprint density at radius 3 is 2.45 bits per heavy atom. The fourth-order valence-corrected chi connectivity index (χ4v) is 4.54. The van der Waals surface area contributed by atoms with E-state index in [1.807, 2.05) is 18.2 Å². The summed E-state index contributed by atoms with van der Waals surface area (Å²) in [6.45, 7) is 2.63. The third-order valence-electron chi connectivity index (χ3n) is 6.15. The molecule has 0 aliphatic carbocycles. The summed E-state index contributed by atoms with van der Waals surface area (Å²) in [4.78, 5) is 17.0. The number of hydrogen-bond donors (Lipinski definition) is 2. The predicted molar refractivity (Wildman–Crippen MR) is 121 cm³/mol. The molecule has 1 fully saturated rings. The van der Waals surface area contributed by atoms with Crippen molar-refractivity contribution >= 4 is 17.4 Å². The van der Waals surface area contributed by atoms with E-state index in [2.05, 4.69) is 16.3 Å². The van der Waals surface area contributed by atoms with Crippen molar-refractivity contribution in [1.29, 1.82) is 0 Å². The molecule has 2 N–H and O–H groups in total. The SMILES string of the molecule is COc1ccc(OC)c2c1CN(C(=O)Nc1cccc(N3CCCCCC3)c1)C[C@@H]2O. The van der Waals surface area contributed by atoms with Crippen molar-refractivity contribution in [2.75, 3.05) is 44.1 Å². The first-order valence-corrected chi connectivity index (χ1v) is 10.9. The first-order valence-electron chi connectivity index (χ1n) is 10.9. The molecule has 4 rings (SSSR count). The number of anilines is 2. The van der Waals surface area contributed by atoms with Crippen LogP contribution in [0.25, 0.3) is 0 Å². The smallest absolute Gasteiger partial charge is 0.322 e. The average molecular weight is 426 g/mol. The topological polar surface area (TPSA) is 74.3 Å². The highest BCUT2D eigenvalue weighted by Crippen LogP contribution is 2.39. The van der Waals surface area contributed by atoms with Crippen LogP contribution in [0.15, 0.2) is 36.4 Å². The third-order valence-corrected chi connectivity index (χ3v) is 6.15. The molecule has 7 heteroatoms. The Kier molecular flexibility index (Phi) is 6.51. The number of carbonyl (C=O) groups excluding carboxylic acids is 1. The summed E-state index contributed by atoms with van der Waals surface area (Å²) >= 11 is 0. The van der Waals surface area contributed by atoms with Crippen molar-refractivity contribution in [3.63, 3.8) is 0 Å². The second-order valence-electron chi connectivity index (χ2n) is 8.14. The number of nitrogens with zero attached hydrogens (tertiary/aromatic N) is 2. The lowest BCUT2D eigenvalue weighted by atomic mass is 9.95. The van der Waals surface area contributed by atoms with Gasteiger partial charge in [0.2, 0.25) is 0 Å². The summed E-state index contributed by atoms with van der Waals surface area (Å²) in [5, 5.41) is 13.8. The Morgan fingerprint density at radius 2 is 1.74 bits per heavy atom. The van der Waals surface area contributed by atoms with Crippen LogP contribution in [0.4, 0.5) is 16.2 Å². The molecule has 2 heterocycles. The van der Waals surface area contributed by atoms with Gasteiger partial charge in [0.25, 0.3) is 0 Å². The lowest BCUT2D eigenvalue weighted by Crippen LogP contribution is -2.41. The molecule has 0 saturated carbocycles. The van der Waals surface area contributed by atoms with E-state index in [0.717, 1.165) is 30.0 Å². The van der Waals surface area contributed by atoms with E-state index in [9.17, 15) is 9.90 Å². The maximum atomic E-state index is 13.0. The molecule has 7 nitrogen and oxygen atoms in total. The zero-order chi connectivity index (χ0) is 21.8. The normalized spacial score (nSPS) is 18.7. The lowest BCUT2D eigenvalue weighted by Gasteiger charge is -2.34. The highest BCUT2D eigenvalue weighted by Gasteiger charge is 2.32. The van der Waals surface area contributed by atoms with Crippen molar-refractivity contribution in [2.24, 2.45) is 0 Å². The van der Waals surface area contributed by atoms with Crippen LogP contribution in [-0.2, 0) is 6.54 Å². The monoisotopic (exact) mass is 425 g/mol. The van der Waals surface area contributed by atoms with Gasteiger partial charge in [0, 0.05) is 35.6 Å². The Balaban J connectivity index is 1.51. The van der Waals surface area contributed by atoms with Gasteiger partial charge in [-0.25, -0.2) is 4.79 Å². The Hall–Kier alpha value is -2.93. The first-order chi connectivity index (χ1) is 15.1. The van der Waals surface area contributed by atoms with Gasteiger partial charge in [-0.15, -0.1) is 0 Å². The number of rotatable bonds is 4. The molecule has 1 saturated heterocycles. The van der Waals surface area contributed by atoms with Crippen LogP contribution in [0.2, 0.25) is 0 Å². The van der Waals surface area contributed by atoms with E-state index in [4.69, 9.17) is 9.47 Å². The predicted octanol–water partition coefficient (Wildman–Crippen LogP) is 4.17. The Labute approximate surface area is 183 Å². The molecule has 2 aromatic rings. The molecule has 31 heavy (non-hydrogen) atoms. The largest absolute Gasteiger partial charge is 0.496 e. The number of benzene rings is 2. The number of hydrogen-bond acceptors (Lipinski definition) is 5. The molecule has 166 valence electrons. The lowest BCUT2D eigenvalue weighted by molar-refractivity contribution is 0.105. The van der Waals surface area contributed by atoms with Gasteiger partial charge in [-0.2, -0.15) is 0 Å². The van der Waals surface area contributed by atoms with Crippen molar-refractivity contribution in [2.45, 2.75) is 38.3 Å². The third kappa shape index (κ3) is 4.56. The van der Waals surface area contributed by atoms with Gasteiger partial charge >= 0.3 is 6.03 Å². The number of β-amino-alcohol motifs (C(OH)–C–C–N with tert-alkyl or cyclic N) is 1. The van der Waals surface area contributed by atoms with E-state index in [-0.39, 0.29) is 12.6 Å². The zero-order valence-electron chi connectivity index (χ0n) is 18.3. The summed E-state index contributed by atoms with van der Waals surface area (Å²) in [5.74, 6) is 1.24.